The first kappa shape index (κ1) is 15.0. The second-order valence-electron chi connectivity index (χ2n) is 5.59. The molecule has 0 spiro atoms. The molecule has 0 aromatic rings. The van der Waals surface area contributed by atoms with E-state index < -0.39 is 0 Å². The molecule has 0 aliphatic heterocycles. The highest BCUT2D eigenvalue weighted by atomic mass is 14.9. The molecule has 0 aliphatic carbocycles. The van der Waals surface area contributed by atoms with E-state index in [0.29, 0.717) is 0 Å². The lowest BCUT2D eigenvalue weighted by atomic mass is 9.83. The van der Waals surface area contributed by atoms with Crippen LogP contribution in [0.15, 0.2) is 0 Å². The van der Waals surface area contributed by atoms with Gasteiger partial charge in [-0.15, -0.1) is 0 Å². The van der Waals surface area contributed by atoms with E-state index in [0.717, 1.165) is 30.3 Å². The molecule has 0 bridgehead atoms. The minimum atomic E-state index is 0.722. The zero-order chi connectivity index (χ0) is 11.8. The van der Waals surface area contributed by atoms with E-state index >= 15 is 0 Å². The third-order valence-electron chi connectivity index (χ3n) is 3.02. The monoisotopic (exact) mass is 213 g/mol. The first-order chi connectivity index (χ1) is 7.01. The van der Waals surface area contributed by atoms with Crippen LogP contribution in [0.3, 0.4) is 0 Å². The van der Waals surface area contributed by atoms with E-state index in [1.807, 2.05) is 0 Å². The van der Waals surface area contributed by atoms with E-state index in [-0.39, 0.29) is 0 Å². The Bertz CT molecular complexity index is 130. The van der Waals surface area contributed by atoms with Crippen molar-refractivity contribution in [2.45, 2.75) is 66.8 Å². The molecule has 1 heteroatoms. The Morgan fingerprint density at radius 2 is 1.33 bits per heavy atom. The van der Waals surface area contributed by atoms with Crippen molar-refractivity contribution in [2.24, 2.45) is 17.8 Å². The summed E-state index contributed by atoms with van der Waals surface area (Å²) < 4.78 is 0. The molecule has 0 aliphatic rings. The van der Waals surface area contributed by atoms with Crippen LogP contribution in [0.25, 0.3) is 0 Å². The Morgan fingerprint density at radius 1 is 0.867 bits per heavy atom. The molecule has 15 heavy (non-hydrogen) atoms. The Morgan fingerprint density at radius 3 is 1.60 bits per heavy atom. The molecule has 1 unspecified atom stereocenters. The Hall–Kier alpha value is -0.0400. The largest absolute Gasteiger partial charge is 0.314 e. The highest BCUT2D eigenvalue weighted by Gasteiger charge is 2.20. The summed E-state index contributed by atoms with van der Waals surface area (Å²) in [6.45, 7) is 15.0. The average molecular weight is 213 g/mol. The molecule has 1 nitrogen and oxygen atoms in total. The van der Waals surface area contributed by atoms with Gasteiger partial charge in [0.1, 0.15) is 0 Å². The minimum absolute atomic E-state index is 0.722. The Kier molecular flexibility index (Phi) is 8.13. The van der Waals surface area contributed by atoms with Gasteiger partial charge in [-0.1, -0.05) is 41.5 Å². The maximum absolute atomic E-state index is 3.64. The summed E-state index contributed by atoms with van der Waals surface area (Å²) >= 11 is 0. The van der Waals surface area contributed by atoms with Crippen LogP contribution in [-0.2, 0) is 0 Å². The van der Waals surface area contributed by atoms with Gasteiger partial charge in [-0.05, 0) is 43.6 Å². The van der Waals surface area contributed by atoms with Gasteiger partial charge in [0, 0.05) is 6.04 Å². The van der Waals surface area contributed by atoms with Gasteiger partial charge in [0.25, 0.3) is 0 Å². The fourth-order valence-electron chi connectivity index (χ4n) is 2.54. The van der Waals surface area contributed by atoms with Crippen LogP contribution in [0.4, 0.5) is 0 Å². The molecule has 0 saturated carbocycles. The maximum Gasteiger partial charge on any atom is 0.00927 e. The van der Waals surface area contributed by atoms with Crippen LogP contribution in [0.2, 0.25) is 0 Å². The lowest BCUT2D eigenvalue weighted by Gasteiger charge is -2.29. The van der Waals surface area contributed by atoms with E-state index in [9.17, 15) is 0 Å². The van der Waals surface area contributed by atoms with Gasteiger partial charge in [0.05, 0.1) is 0 Å². The zero-order valence-corrected chi connectivity index (χ0v) is 11.6. The molecule has 0 aromatic carbocycles. The molecule has 0 heterocycles. The van der Waals surface area contributed by atoms with E-state index in [2.05, 4.69) is 46.9 Å². The van der Waals surface area contributed by atoms with E-state index in [1.54, 1.807) is 0 Å². The van der Waals surface area contributed by atoms with Crippen LogP contribution >= 0.6 is 0 Å². The molecule has 0 radical (unpaired) electrons. The summed E-state index contributed by atoms with van der Waals surface area (Å²) in [5, 5.41) is 3.64. The van der Waals surface area contributed by atoms with Gasteiger partial charge in [-0.3, -0.25) is 0 Å². The lowest BCUT2D eigenvalue weighted by Crippen LogP contribution is -2.37. The van der Waals surface area contributed by atoms with E-state index in [1.165, 1.54) is 19.3 Å². The standard InChI is InChI=1S/C14H31N/c1-7-14(15-8-2)13(9-11(3)4)10-12(5)6/h11-15H,7-10H2,1-6H3. The predicted octanol–water partition coefficient (Wildman–Crippen LogP) is 4.08. The normalized spacial score (nSPS) is 14.2. The van der Waals surface area contributed by atoms with Crippen molar-refractivity contribution < 1.29 is 0 Å². The molecule has 1 atom stereocenters. The van der Waals surface area contributed by atoms with Gasteiger partial charge in [-0.25, -0.2) is 0 Å². The van der Waals surface area contributed by atoms with Crippen molar-refractivity contribution in [3.63, 3.8) is 0 Å². The van der Waals surface area contributed by atoms with Crippen molar-refractivity contribution >= 4 is 0 Å². The Labute approximate surface area is 97.0 Å². The summed E-state index contributed by atoms with van der Waals surface area (Å²) in [5.74, 6) is 2.50. The number of hydrogen-bond acceptors (Lipinski definition) is 1. The van der Waals surface area contributed by atoms with Crippen molar-refractivity contribution in [1.29, 1.82) is 0 Å². The van der Waals surface area contributed by atoms with Gasteiger partial charge < -0.3 is 5.32 Å². The maximum atomic E-state index is 3.64. The van der Waals surface area contributed by atoms with Crippen LogP contribution in [0.5, 0.6) is 0 Å². The van der Waals surface area contributed by atoms with Crippen molar-refractivity contribution in [2.75, 3.05) is 6.54 Å². The fraction of sp³-hybridized carbons (Fsp3) is 1.00. The molecule has 92 valence electrons. The topological polar surface area (TPSA) is 12.0 Å². The molecular weight excluding hydrogens is 182 g/mol. The summed E-state index contributed by atoms with van der Waals surface area (Å²) in [7, 11) is 0. The summed E-state index contributed by atoms with van der Waals surface area (Å²) in [6, 6.07) is 0.722. The van der Waals surface area contributed by atoms with Crippen molar-refractivity contribution in [3.05, 3.63) is 0 Å². The second kappa shape index (κ2) is 8.15. The molecule has 0 amide bonds. The molecule has 0 aromatic heterocycles. The van der Waals surface area contributed by atoms with Gasteiger partial charge in [0.15, 0.2) is 0 Å². The zero-order valence-electron chi connectivity index (χ0n) is 11.6. The highest BCUT2D eigenvalue weighted by molar-refractivity contribution is 4.77. The fourth-order valence-corrected chi connectivity index (χ4v) is 2.54. The number of rotatable bonds is 8. The third-order valence-corrected chi connectivity index (χ3v) is 3.02. The van der Waals surface area contributed by atoms with Crippen LogP contribution in [0, 0.1) is 17.8 Å². The number of nitrogens with one attached hydrogen (secondary N) is 1. The predicted molar refractivity (Wildman–Crippen MR) is 70.2 cm³/mol. The van der Waals surface area contributed by atoms with Crippen LogP contribution in [0.1, 0.15) is 60.8 Å². The molecule has 1 N–H and O–H groups in total. The van der Waals surface area contributed by atoms with Crippen molar-refractivity contribution in [1.82, 2.24) is 5.32 Å². The lowest BCUT2D eigenvalue weighted by molar-refractivity contribution is 0.257. The van der Waals surface area contributed by atoms with Crippen LogP contribution in [-0.4, -0.2) is 12.6 Å². The van der Waals surface area contributed by atoms with Gasteiger partial charge in [-0.2, -0.15) is 0 Å². The summed E-state index contributed by atoms with van der Waals surface area (Å²) in [4.78, 5) is 0. The minimum Gasteiger partial charge on any atom is -0.314 e. The average Bonchev–Trinajstić information content (AvgIpc) is 2.11. The second-order valence-corrected chi connectivity index (χ2v) is 5.59. The van der Waals surface area contributed by atoms with Gasteiger partial charge >= 0.3 is 0 Å². The third kappa shape index (κ3) is 6.94. The molecular formula is C14H31N. The SMILES string of the molecule is CCNC(CC)C(CC(C)C)CC(C)C. The highest BCUT2D eigenvalue weighted by Crippen LogP contribution is 2.24. The van der Waals surface area contributed by atoms with Crippen molar-refractivity contribution in [3.8, 4) is 0 Å². The van der Waals surface area contributed by atoms with Crippen LogP contribution < -0.4 is 5.32 Å². The molecule has 0 saturated heterocycles. The first-order valence-electron chi connectivity index (χ1n) is 6.74. The first-order valence-corrected chi connectivity index (χ1v) is 6.74. The Balaban J connectivity index is 4.28. The molecule has 0 rings (SSSR count). The molecule has 0 fully saturated rings. The summed E-state index contributed by atoms with van der Waals surface area (Å²) in [5.41, 5.74) is 0. The quantitative estimate of drug-likeness (QED) is 0.640. The summed E-state index contributed by atoms with van der Waals surface area (Å²) in [6.07, 6.45) is 3.99. The smallest absolute Gasteiger partial charge is 0.00927 e. The van der Waals surface area contributed by atoms with Gasteiger partial charge in [0.2, 0.25) is 0 Å². The van der Waals surface area contributed by atoms with E-state index in [4.69, 9.17) is 0 Å². The number of hydrogen-bond donors (Lipinski definition) is 1.